The number of fused-ring (bicyclic) bond motifs is 2. The third kappa shape index (κ3) is 6.21. The second kappa shape index (κ2) is 7.89. The molecule has 1 aliphatic heterocycles. The third-order valence-corrected chi connectivity index (χ3v) is 3.00. The van der Waals surface area contributed by atoms with Crippen molar-refractivity contribution in [2.24, 2.45) is 0 Å². The zero-order valence-electron chi connectivity index (χ0n) is 12.1. The Labute approximate surface area is 134 Å². The summed E-state index contributed by atoms with van der Waals surface area (Å²) < 4.78 is 31.6. The van der Waals surface area contributed by atoms with Gasteiger partial charge in [0, 0.05) is 12.0 Å². The first kappa shape index (κ1) is 17.2. The lowest BCUT2D eigenvalue weighted by Crippen LogP contribution is -1.96. The SMILES string of the molecule is C(=Cc1c2cccc1OOCC2)c1ccccc1.O=S(=O)(O)O. The van der Waals surface area contributed by atoms with E-state index in [-0.39, 0.29) is 0 Å². The molecule has 0 spiro atoms. The Morgan fingerprint density at radius 3 is 2.35 bits per heavy atom. The van der Waals surface area contributed by atoms with Gasteiger partial charge >= 0.3 is 10.4 Å². The lowest BCUT2D eigenvalue weighted by Gasteiger charge is -2.04. The van der Waals surface area contributed by atoms with Crippen LogP contribution in [0.25, 0.3) is 12.2 Å². The molecule has 7 heteroatoms. The minimum absolute atomic E-state index is 0.597. The van der Waals surface area contributed by atoms with Gasteiger partial charge in [-0.1, -0.05) is 54.6 Å². The zero-order chi connectivity index (χ0) is 16.7. The number of benzene rings is 2. The molecular weight excluding hydrogens is 320 g/mol. The molecule has 2 bridgehead atoms. The largest absolute Gasteiger partial charge is 0.394 e. The summed E-state index contributed by atoms with van der Waals surface area (Å²) in [4.78, 5) is 10.4. The van der Waals surface area contributed by atoms with Crippen LogP contribution in [0.3, 0.4) is 0 Å². The maximum atomic E-state index is 8.74. The monoisotopic (exact) mass is 336 g/mol. The normalized spacial score (nSPS) is 13.7. The summed E-state index contributed by atoms with van der Waals surface area (Å²) >= 11 is 0. The van der Waals surface area contributed by atoms with Crippen molar-refractivity contribution in [2.45, 2.75) is 6.42 Å². The molecule has 1 heterocycles. The fraction of sp³-hybridized carbons (Fsp3) is 0.125. The Morgan fingerprint density at radius 1 is 0.957 bits per heavy atom. The Kier molecular flexibility index (Phi) is 5.89. The second-order valence-electron chi connectivity index (χ2n) is 4.68. The average molecular weight is 336 g/mol. The van der Waals surface area contributed by atoms with Crippen LogP contribution in [0.15, 0.2) is 48.5 Å². The highest BCUT2D eigenvalue weighted by Gasteiger charge is 2.11. The molecule has 23 heavy (non-hydrogen) atoms. The van der Waals surface area contributed by atoms with Gasteiger partial charge in [0.05, 0.1) is 6.61 Å². The summed E-state index contributed by atoms with van der Waals surface area (Å²) in [5.41, 5.74) is 3.55. The minimum atomic E-state index is -4.67. The maximum absolute atomic E-state index is 8.74. The van der Waals surface area contributed by atoms with Crippen LogP contribution in [-0.2, 0) is 21.7 Å². The quantitative estimate of drug-likeness (QED) is 0.497. The number of hydrogen-bond acceptors (Lipinski definition) is 4. The number of rotatable bonds is 2. The van der Waals surface area contributed by atoms with Crippen LogP contribution in [0.1, 0.15) is 16.7 Å². The van der Waals surface area contributed by atoms with Gasteiger partial charge in [-0.2, -0.15) is 13.3 Å². The topological polar surface area (TPSA) is 93.1 Å². The summed E-state index contributed by atoms with van der Waals surface area (Å²) in [5.74, 6) is 0.789. The smallest absolute Gasteiger partial charge is 0.337 e. The first-order valence-electron chi connectivity index (χ1n) is 6.78. The van der Waals surface area contributed by atoms with Crippen LogP contribution in [-0.4, -0.2) is 24.1 Å². The highest BCUT2D eigenvalue weighted by Crippen LogP contribution is 2.27. The van der Waals surface area contributed by atoms with Crippen molar-refractivity contribution in [3.63, 3.8) is 0 Å². The number of hydrogen-bond donors (Lipinski definition) is 2. The van der Waals surface area contributed by atoms with Gasteiger partial charge in [-0.3, -0.25) is 9.11 Å². The van der Waals surface area contributed by atoms with Gasteiger partial charge < -0.3 is 4.89 Å². The molecule has 0 amide bonds. The predicted octanol–water partition coefficient (Wildman–Crippen LogP) is 3.07. The van der Waals surface area contributed by atoms with Gasteiger partial charge in [0.15, 0.2) is 5.75 Å². The maximum Gasteiger partial charge on any atom is 0.394 e. The van der Waals surface area contributed by atoms with E-state index in [0.29, 0.717) is 6.61 Å². The Bertz CT molecular complexity index is 736. The Hall–Kier alpha value is -2.19. The summed E-state index contributed by atoms with van der Waals surface area (Å²) in [6.07, 6.45) is 5.06. The van der Waals surface area contributed by atoms with Crippen molar-refractivity contribution in [1.82, 2.24) is 0 Å². The molecular formula is C16H16O6S. The zero-order valence-corrected chi connectivity index (χ0v) is 12.9. The predicted molar refractivity (Wildman–Crippen MR) is 86.3 cm³/mol. The van der Waals surface area contributed by atoms with Gasteiger partial charge in [0.1, 0.15) is 0 Å². The first-order chi connectivity index (χ1) is 10.9. The molecule has 3 rings (SSSR count). The van der Waals surface area contributed by atoms with Gasteiger partial charge in [-0.25, -0.2) is 0 Å². The van der Waals surface area contributed by atoms with Crippen molar-refractivity contribution < 1.29 is 27.3 Å². The molecule has 2 aromatic carbocycles. The highest BCUT2D eigenvalue weighted by molar-refractivity contribution is 7.79. The lowest BCUT2D eigenvalue weighted by molar-refractivity contribution is -0.203. The van der Waals surface area contributed by atoms with E-state index < -0.39 is 10.4 Å². The van der Waals surface area contributed by atoms with Crippen molar-refractivity contribution in [1.29, 1.82) is 0 Å². The molecule has 2 N–H and O–H groups in total. The molecule has 0 aliphatic carbocycles. The third-order valence-electron chi connectivity index (χ3n) is 3.00. The molecule has 122 valence electrons. The van der Waals surface area contributed by atoms with Gasteiger partial charge in [0.2, 0.25) is 0 Å². The van der Waals surface area contributed by atoms with Crippen LogP contribution in [0, 0.1) is 0 Å². The van der Waals surface area contributed by atoms with Gasteiger partial charge in [-0.05, 0) is 17.2 Å². The highest BCUT2D eigenvalue weighted by atomic mass is 32.3. The molecule has 0 atom stereocenters. The average Bonchev–Trinajstić information content (AvgIpc) is 2.60. The fourth-order valence-corrected chi connectivity index (χ4v) is 2.07. The standard InChI is InChI=1S/C16H14O2.H2O4S/c1-2-5-13(6-3-1)9-10-15-14-7-4-8-16(15)18-17-12-11-14;1-5(2,3)4/h1-10H,11-12H2;(H2,1,2,3,4). The summed E-state index contributed by atoms with van der Waals surface area (Å²) in [6, 6.07) is 16.3. The van der Waals surface area contributed by atoms with Crippen LogP contribution >= 0.6 is 0 Å². The van der Waals surface area contributed by atoms with Crippen molar-refractivity contribution in [3.05, 3.63) is 65.2 Å². The van der Waals surface area contributed by atoms with E-state index in [1.807, 2.05) is 30.3 Å². The molecule has 1 aliphatic rings. The van der Waals surface area contributed by atoms with Gasteiger partial charge in [-0.15, -0.1) is 0 Å². The van der Waals surface area contributed by atoms with E-state index in [1.165, 1.54) is 11.1 Å². The molecule has 0 aromatic heterocycles. The molecule has 0 saturated heterocycles. The van der Waals surface area contributed by atoms with Crippen LogP contribution in [0.2, 0.25) is 0 Å². The van der Waals surface area contributed by atoms with E-state index in [0.717, 1.165) is 17.7 Å². The second-order valence-corrected chi connectivity index (χ2v) is 5.57. The van der Waals surface area contributed by atoms with Gasteiger partial charge in [0.25, 0.3) is 0 Å². The van der Waals surface area contributed by atoms with E-state index in [9.17, 15) is 0 Å². The van der Waals surface area contributed by atoms with E-state index in [1.54, 1.807) is 0 Å². The van der Waals surface area contributed by atoms with Crippen molar-refractivity contribution in [3.8, 4) is 5.75 Å². The van der Waals surface area contributed by atoms with Crippen molar-refractivity contribution >= 4 is 22.6 Å². The summed E-state index contributed by atoms with van der Waals surface area (Å²) in [6.45, 7) is 0.597. The molecule has 0 radical (unpaired) electrons. The van der Waals surface area contributed by atoms with Crippen LogP contribution < -0.4 is 4.89 Å². The fourth-order valence-electron chi connectivity index (χ4n) is 2.07. The van der Waals surface area contributed by atoms with E-state index in [4.69, 9.17) is 27.3 Å². The van der Waals surface area contributed by atoms with Crippen LogP contribution in [0.4, 0.5) is 0 Å². The molecule has 0 unspecified atom stereocenters. The van der Waals surface area contributed by atoms with E-state index in [2.05, 4.69) is 30.4 Å². The Balaban J connectivity index is 0.000000338. The van der Waals surface area contributed by atoms with Crippen LogP contribution in [0.5, 0.6) is 5.75 Å². The Morgan fingerprint density at radius 2 is 1.65 bits per heavy atom. The minimum Gasteiger partial charge on any atom is -0.337 e. The van der Waals surface area contributed by atoms with Crippen molar-refractivity contribution in [2.75, 3.05) is 6.61 Å². The lowest BCUT2D eigenvalue weighted by atomic mass is 10.0. The summed E-state index contributed by atoms with van der Waals surface area (Å²) in [7, 11) is -4.67. The molecule has 2 aromatic rings. The first-order valence-corrected chi connectivity index (χ1v) is 8.17. The molecule has 6 nitrogen and oxygen atoms in total. The molecule has 0 fully saturated rings. The summed E-state index contributed by atoms with van der Waals surface area (Å²) in [5, 5.41) is 0. The molecule has 0 saturated carbocycles. The van der Waals surface area contributed by atoms with E-state index >= 15 is 0 Å².